The van der Waals surface area contributed by atoms with Crippen LogP contribution >= 0.6 is 0 Å². The molecule has 0 aromatic carbocycles. The lowest BCUT2D eigenvalue weighted by Crippen LogP contribution is -2.45. The number of rotatable bonds is 5. The van der Waals surface area contributed by atoms with E-state index in [-0.39, 0.29) is 18.2 Å². The van der Waals surface area contributed by atoms with E-state index < -0.39 is 10.8 Å². The van der Waals surface area contributed by atoms with E-state index in [0.717, 1.165) is 13.1 Å². The van der Waals surface area contributed by atoms with Crippen molar-refractivity contribution < 1.29 is 9.00 Å². The van der Waals surface area contributed by atoms with Crippen molar-refractivity contribution in [3.05, 3.63) is 0 Å². The van der Waals surface area contributed by atoms with E-state index in [1.165, 1.54) is 0 Å². The van der Waals surface area contributed by atoms with Crippen molar-refractivity contribution in [2.24, 2.45) is 5.92 Å². The van der Waals surface area contributed by atoms with Gasteiger partial charge in [-0.3, -0.25) is 9.00 Å². The Morgan fingerprint density at radius 3 is 2.86 bits per heavy atom. The summed E-state index contributed by atoms with van der Waals surface area (Å²) >= 11 is 0. The van der Waals surface area contributed by atoms with E-state index in [1.807, 2.05) is 0 Å². The zero-order valence-corrected chi connectivity index (χ0v) is 8.60. The van der Waals surface area contributed by atoms with Gasteiger partial charge >= 0.3 is 0 Å². The summed E-state index contributed by atoms with van der Waals surface area (Å²) in [6, 6.07) is 1.79. The van der Waals surface area contributed by atoms with Gasteiger partial charge in [0.05, 0.1) is 6.07 Å². The van der Waals surface area contributed by atoms with Gasteiger partial charge in [-0.15, -0.1) is 0 Å². The molecule has 0 radical (unpaired) electrons. The molecule has 0 aromatic heterocycles. The lowest BCUT2D eigenvalue weighted by molar-refractivity contribution is -0.118. The first kappa shape index (κ1) is 11.1. The lowest BCUT2D eigenvalue weighted by Gasteiger charge is -2.26. The SMILES string of the molecule is N#CCNC(=O)CS(=O)CC1CNC1. The molecule has 2 N–H and O–H groups in total. The smallest absolute Gasteiger partial charge is 0.233 e. The van der Waals surface area contributed by atoms with Gasteiger partial charge in [0.15, 0.2) is 0 Å². The number of amides is 1. The Morgan fingerprint density at radius 1 is 1.64 bits per heavy atom. The van der Waals surface area contributed by atoms with Crippen LogP contribution in [-0.4, -0.2) is 41.3 Å². The third kappa shape index (κ3) is 3.85. The molecule has 1 amide bonds. The fourth-order valence-electron chi connectivity index (χ4n) is 1.12. The average Bonchev–Trinajstić information content (AvgIpc) is 2.08. The number of nitrogens with one attached hydrogen (secondary N) is 2. The first-order valence-electron chi connectivity index (χ1n) is 4.41. The summed E-state index contributed by atoms with van der Waals surface area (Å²) in [6.07, 6.45) is 0. The van der Waals surface area contributed by atoms with Gasteiger partial charge in [0.2, 0.25) is 5.91 Å². The molecule has 1 rings (SSSR count). The molecule has 1 aliphatic heterocycles. The molecule has 5 nitrogen and oxygen atoms in total. The van der Waals surface area contributed by atoms with Crippen molar-refractivity contribution in [1.29, 1.82) is 5.26 Å². The largest absolute Gasteiger partial charge is 0.342 e. The van der Waals surface area contributed by atoms with E-state index in [4.69, 9.17) is 5.26 Å². The summed E-state index contributed by atoms with van der Waals surface area (Å²) in [5, 5.41) is 13.6. The van der Waals surface area contributed by atoms with Crippen molar-refractivity contribution >= 4 is 16.7 Å². The van der Waals surface area contributed by atoms with E-state index in [9.17, 15) is 9.00 Å². The minimum absolute atomic E-state index is 0.0121. The quantitative estimate of drug-likeness (QED) is 0.552. The third-order valence-corrected chi connectivity index (χ3v) is 3.37. The van der Waals surface area contributed by atoms with Crippen LogP contribution in [0.5, 0.6) is 0 Å². The molecule has 1 aliphatic rings. The summed E-state index contributed by atoms with van der Waals surface area (Å²) in [5.41, 5.74) is 0. The maximum atomic E-state index is 11.4. The topological polar surface area (TPSA) is 82.0 Å². The summed E-state index contributed by atoms with van der Waals surface area (Å²) in [6.45, 7) is 1.78. The Bertz CT molecular complexity index is 270. The minimum atomic E-state index is -1.09. The van der Waals surface area contributed by atoms with Gasteiger partial charge in [-0.2, -0.15) is 5.26 Å². The summed E-state index contributed by atoms with van der Waals surface area (Å²) in [4.78, 5) is 11.0. The molecule has 1 atom stereocenters. The molecule has 14 heavy (non-hydrogen) atoms. The standard InChI is InChI=1S/C8H13N3O2S/c9-1-2-11-8(12)6-14(13)5-7-3-10-4-7/h7,10H,2-6H2,(H,11,12). The molecule has 6 heteroatoms. The highest BCUT2D eigenvalue weighted by Crippen LogP contribution is 2.04. The van der Waals surface area contributed by atoms with Gasteiger partial charge in [-0.1, -0.05) is 0 Å². The van der Waals surface area contributed by atoms with Crippen molar-refractivity contribution in [3.63, 3.8) is 0 Å². The molecule has 1 heterocycles. The van der Waals surface area contributed by atoms with Gasteiger partial charge in [0.1, 0.15) is 12.3 Å². The second kappa shape index (κ2) is 5.73. The van der Waals surface area contributed by atoms with E-state index in [1.54, 1.807) is 6.07 Å². The van der Waals surface area contributed by atoms with Crippen molar-refractivity contribution in [2.45, 2.75) is 0 Å². The Kier molecular flexibility index (Phi) is 4.56. The molecular formula is C8H13N3O2S. The monoisotopic (exact) mass is 215 g/mol. The van der Waals surface area contributed by atoms with Crippen LogP contribution in [0.25, 0.3) is 0 Å². The first-order chi connectivity index (χ1) is 6.72. The molecule has 1 saturated heterocycles. The van der Waals surface area contributed by atoms with Gasteiger partial charge in [0, 0.05) is 29.6 Å². The number of carbonyl (C=O) groups is 1. The Labute approximate surface area is 85.3 Å². The molecule has 0 aliphatic carbocycles. The number of hydrogen-bond donors (Lipinski definition) is 2. The second-order valence-electron chi connectivity index (χ2n) is 3.21. The van der Waals surface area contributed by atoms with Crippen molar-refractivity contribution in [1.82, 2.24) is 10.6 Å². The summed E-state index contributed by atoms with van der Waals surface area (Å²) in [5.74, 6) is 0.724. The van der Waals surface area contributed by atoms with Crippen LogP contribution < -0.4 is 10.6 Å². The molecule has 0 bridgehead atoms. The molecule has 1 unspecified atom stereocenters. The van der Waals surface area contributed by atoms with Crippen LogP contribution in [0.3, 0.4) is 0 Å². The van der Waals surface area contributed by atoms with Crippen molar-refractivity contribution in [3.8, 4) is 6.07 Å². The first-order valence-corrected chi connectivity index (χ1v) is 5.90. The molecule has 0 saturated carbocycles. The molecule has 0 aromatic rings. The zero-order chi connectivity index (χ0) is 10.4. The fraction of sp³-hybridized carbons (Fsp3) is 0.750. The Hall–Kier alpha value is -0.930. The fourth-order valence-corrected chi connectivity index (χ4v) is 2.40. The molecule has 78 valence electrons. The molecule has 0 spiro atoms. The number of nitrogens with zero attached hydrogens (tertiary/aromatic N) is 1. The van der Waals surface area contributed by atoms with Gasteiger partial charge in [-0.05, 0) is 5.92 Å². The number of carbonyl (C=O) groups excluding carboxylic acids is 1. The molecular weight excluding hydrogens is 202 g/mol. The Balaban J connectivity index is 2.12. The van der Waals surface area contributed by atoms with E-state index in [0.29, 0.717) is 11.7 Å². The molecule has 1 fully saturated rings. The highest BCUT2D eigenvalue weighted by molar-refractivity contribution is 7.85. The second-order valence-corrected chi connectivity index (χ2v) is 4.71. The van der Waals surface area contributed by atoms with E-state index in [2.05, 4.69) is 10.6 Å². The highest BCUT2D eigenvalue weighted by atomic mass is 32.2. The number of hydrogen-bond acceptors (Lipinski definition) is 4. The van der Waals surface area contributed by atoms with Crippen LogP contribution in [0.15, 0.2) is 0 Å². The van der Waals surface area contributed by atoms with Crippen LogP contribution in [0.2, 0.25) is 0 Å². The van der Waals surface area contributed by atoms with Gasteiger partial charge < -0.3 is 10.6 Å². The predicted molar refractivity (Wildman–Crippen MR) is 52.9 cm³/mol. The normalized spacial score (nSPS) is 17.9. The minimum Gasteiger partial charge on any atom is -0.342 e. The third-order valence-electron chi connectivity index (χ3n) is 1.94. The Morgan fingerprint density at radius 2 is 2.36 bits per heavy atom. The van der Waals surface area contributed by atoms with Crippen LogP contribution in [0.1, 0.15) is 0 Å². The van der Waals surface area contributed by atoms with Gasteiger partial charge in [0.25, 0.3) is 0 Å². The van der Waals surface area contributed by atoms with Crippen LogP contribution in [0.4, 0.5) is 0 Å². The number of nitriles is 1. The maximum absolute atomic E-state index is 11.4. The van der Waals surface area contributed by atoms with Gasteiger partial charge in [-0.25, -0.2) is 0 Å². The summed E-state index contributed by atoms with van der Waals surface area (Å²) in [7, 11) is -1.09. The highest BCUT2D eigenvalue weighted by Gasteiger charge is 2.20. The maximum Gasteiger partial charge on any atom is 0.233 e. The van der Waals surface area contributed by atoms with E-state index >= 15 is 0 Å². The summed E-state index contributed by atoms with van der Waals surface area (Å²) < 4.78 is 11.4. The van der Waals surface area contributed by atoms with Crippen LogP contribution in [0, 0.1) is 17.2 Å². The predicted octanol–water partition coefficient (Wildman–Crippen LogP) is -1.41. The van der Waals surface area contributed by atoms with Crippen LogP contribution in [-0.2, 0) is 15.6 Å². The zero-order valence-electron chi connectivity index (χ0n) is 7.78. The van der Waals surface area contributed by atoms with Crippen molar-refractivity contribution in [2.75, 3.05) is 31.1 Å². The lowest BCUT2D eigenvalue weighted by atomic mass is 10.1. The average molecular weight is 215 g/mol.